The van der Waals surface area contributed by atoms with E-state index in [-0.39, 0.29) is 18.1 Å². The van der Waals surface area contributed by atoms with Gasteiger partial charge in [-0.05, 0) is 43.9 Å². The molecule has 0 aliphatic heterocycles. The predicted molar refractivity (Wildman–Crippen MR) is 117 cm³/mol. The third kappa shape index (κ3) is 7.28. The normalized spacial score (nSPS) is 11.3. The van der Waals surface area contributed by atoms with Crippen LogP contribution in [0.2, 0.25) is 0 Å². The smallest absolute Gasteiger partial charge is 0.433 e. The summed E-state index contributed by atoms with van der Waals surface area (Å²) in [6, 6.07) is 10.3. The maximum absolute atomic E-state index is 12.9. The number of unbranched alkanes of at least 4 members (excludes halogenated alkanes) is 1. The number of hydrogen-bond acceptors (Lipinski definition) is 4. The number of ether oxygens (including phenoxy) is 1. The van der Waals surface area contributed by atoms with E-state index in [1.165, 1.54) is 6.07 Å². The van der Waals surface area contributed by atoms with Crippen molar-refractivity contribution in [1.82, 2.24) is 5.32 Å². The highest BCUT2D eigenvalue weighted by Crippen LogP contribution is 2.36. The molecule has 174 valence electrons. The van der Waals surface area contributed by atoms with E-state index in [1.807, 2.05) is 38.1 Å². The Labute approximate surface area is 186 Å². The van der Waals surface area contributed by atoms with E-state index in [4.69, 9.17) is 10.1 Å². The highest BCUT2D eigenvalue weighted by molar-refractivity contribution is 6.04. The molecule has 2 aromatic carbocycles. The number of aryl methyl sites for hydroxylation is 1. The Balaban J connectivity index is 1.84. The molecule has 0 aromatic heterocycles. The summed E-state index contributed by atoms with van der Waals surface area (Å²) in [4.78, 5) is 12.0. The number of phenols is 1. The van der Waals surface area contributed by atoms with Gasteiger partial charge in [-0.25, -0.2) is 0 Å². The van der Waals surface area contributed by atoms with Gasteiger partial charge in [0.2, 0.25) is 5.91 Å². The molecular formula is C24H29F3N2O3. The monoisotopic (exact) mass is 450 g/mol. The van der Waals surface area contributed by atoms with Crippen molar-refractivity contribution in [3.8, 4) is 11.5 Å². The van der Waals surface area contributed by atoms with Gasteiger partial charge in [-0.15, -0.1) is 0 Å². The average Bonchev–Trinajstić information content (AvgIpc) is 2.73. The first-order chi connectivity index (χ1) is 15.1. The molecular weight excluding hydrogens is 421 g/mol. The van der Waals surface area contributed by atoms with Crippen LogP contribution in [0.3, 0.4) is 0 Å². The third-order valence-electron chi connectivity index (χ3n) is 4.92. The van der Waals surface area contributed by atoms with Gasteiger partial charge in [0, 0.05) is 24.1 Å². The van der Waals surface area contributed by atoms with Gasteiger partial charge in [-0.1, -0.05) is 43.2 Å². The minimum atomic E-state index is -4.84. The maximum Gasteiger partial charge on any atom is 0.433 e. The Hall–Kier alpha value is -3.03. The van der Waals surface area contributed by atoms with Gasteiger partial charge in [-0.2, -0.15) is 13.2 Å². The van der Waals surface area contributed by atoms with E-state index in [9.17, 15) is 23.1 Å². The molecule has 0 spiro atoms. The molecule has 0 atom stereocenters. The molecule has 5 nitrogen and oxygen atoms in total. The van der Waals surface area contributed by atoms with Crippen molar-refractivity contribution >= 4 is 11.6 Å². The highest BCUT2D eigenvalue weighted by atomic mass is 19.4. The first-order valence-corrected chi connectivity index (χ1v) is 10.6. The summed E-state index contributed by atoms with van der Waals surface area (Å²) >= 11 is 0. The first-order valence-electron chi connectivity index (χ1n) is 10.6. The van der Waals surface area contributed by atoms with Crippen molar-refractivity contribution in [3.05, 3.63) is 58.7 Å². The average molecular weight is 451 g/mol. The fourth-order valence-electron chi connectivity index (χ4n) is 3.28. The highest BCUT2D eigenvalue weighted by Gasteiger charge is 2.37. The van der Waals surface area contributed by atoms with E-state index in [2.05, 4.69) is 5.32 Å². The second-order valence-corrected chi connectivity index (χ2v) is 7.63. The number of hydrogen-bond donors (Lipinski definition) is 3. The van der Waals surface area contributed by atoms with Crippen LogP contribution in [-0.4, -0.2) is 29.5 Å². The number of phenolic OH excluding ortho intramolecular Hbond substituents is 1. The van der Waals surface area contributed by atoms with Crippen molar-refractivity contribution < 1.29 is 27.8 Å². The van der Waals surface area contributed by atoms with Crippen LogP contribution in [0.1, 0.15) is 54.9 Å². The van der Waals surface area contributed by atoms with Gasteiger partial charge in [0.05, 0.1) is 6.61 Å². The number of halogens is 3. The zero-order chi connectivity index (χ0) is 23.7. The lowest BCUT2D eigenvalue weighted by Crippen LogP contribution is -2.23. The van der Waals surface area contributed by atoms with Crippen LogP contribution >= 0.6 is 0 Å². The fraction of sp³-hybridized carbons (Fsp3) is 0.417. The minimum absolute atomic E-state index is 0.0640. The number of carbonyl (C=O) groups excluding carboxylic acids is 1. The molecule has 0 bridgehead atoms. The largest absolute Gasteiger partial charge is 0.507 e. The Morgan fingerprint density at radius 3 is 2.59 bits per heavy atom. The molecule has 2 aromatic rings. The Bertz CT molecular complexity index is 943. The number of amides is 1. The van der Waals surface area contributed by atoms with Crippen LogP contribution < -0.4 is 10.1 Å². The number of aromatic hydroxyl groups is 1. The molecule has 3 N–H and O–H groups in total. The molecule has 1 amide bonds. The number of benzene rings is 2. The second-order valence-electron chi connectivity index (χ2n) is 7.63. The standard InChI is InChI=1S/C24H29F3N2O3/c1-3-7-18-20(12-11-19(22(18)31)23(28)24(25,26)27)32-13-5-4-10-21(30)29-15-17-9-6-8-16(2)14-17/h6,8-9,11-12,14,28,31H,3-5,7,10,13,15H2,1-2H3,(H,29,30). The van der Waals surface area contributed by atoms with Gasteiger partial charge < -0.3 is 15.2 Å². The molecule has 0 radical (unpaired) electrons. The van der Waals surface area contributed by atoms with Crippen LogP contribution in [0.15, 0.2) is 36.4 Å². The van der Waals surface area contributed by atoms with Crippen LogP contribution in [0.25, 0.3) is 0 Å². The summed E-state index contributed by atoms with van der Waals surface area (Å²) in [6.07, 6.45) is -2.43. The number of nitrogens with one attached hydrogen (secondary N) is 2. The van der Waals surface area contributed by atoms with E-state index in [0.29, 0.717) is 44.4 Å². The van der Waals surface area contributed by atoms with Gasteiger partial charge in [0.1, 0.15) is 17.2 Å². The summed E-state index contributed by atoms with van der Waals surface area (Å²) in [5.74, 6) is -0.333. The SMILES string of the molecule is CCCc1c(OCCCCC(=O)NCc2cccc(C)c2)ccc(C(=N)C(F)(F)F)c1O. The Morgan fingerprint density at radius 2 is 1.94 bits per heavy atom. The third-order valence-corrected chi connectivity index (χ3v) is 4.92. The van der Waals surface area contributed by atoms with Crippen molar-refractivity contribution in [2.24, 2.45) is 0 Å². The van der Waals surface area contributed by atoms with Crippen molar-refractivity contribution in [2.45, 2.75) is 58.7 Å². The zero-order valence-electron chi connectivity index (χ0n) is 18.3. The van der Waals surface area contributed by atoms with Crippen LogP contribution in [0.5, 0.6) is 11.5 Å². The number of rotatable bonds is 11. The van der Waals surface area contributed by atoms with Gasteiger partial charge in [0.15, 0.2) is 0 Å². The predicted octanol–water partition coefficient (Wildman–Crippen LogP) is 5.45. The quantitative estimate of drug-likeness (QED) is 0.315. The lowest BCUT2D eigenvalue weighted by molar-refractivity contribution is -0.121. The van der Waals surface area contributed by atoms with Crippen molar-refractivity contribution in [3.63, 3.8) is 0 Å². The summed E-state index contributed by atoms with van der Waals surface area (Å²) in [5, 5.41) is 20.5. The molecule has 0 aliphatic rings. The summed E-state index contributed by atoms with van der Waals surface area (Å²) in [5.41, 5.74) is 0.279. The second kappa shape index (κ2) is 11.5. The number of alkyl halides is 3. The minimum Gasteiger partial charge on any atom is -0.507 e. The molecule has 0 fully saturated rings. The summed E-state index contributed by atoms with van der Waals surface area (Å²) in [6.45, 7) is 4.55. The lowest BCUT2D eigenvalue weighted by Gasteiger charge is -2.17. The first kappa shape index (κ1) is 25.2. The summed E-state index contributed by atoms with van der Waals surface area (Å²) < 4.78 is 44.2. The molecule has 0 unspecified atom stereocenters. The van der Waals surface area contributed by atoms with Gasteiger partial charge in [0.25, 0.3) is 0 Å². The van der Waals surface area contributed by atoms with Crippen LogP contribution in [0, 0.1) is 12.3 Å². The topological polar surface area (TPSA) is 82.4 Å². The Kier molecular flexibility index (Phi) is 9.11. The van der Waals surface area contributed by atoms with Crippen molar-refractivity contribution in [1.29, 1.82) is 5.41 Å². The van der Waals surface area contributed by atoms with E-state index < -0.39 is 23.2 Å². The zero-order valence-corrected chi connectivity index (χ0v) is 18.3. The van der Waals surface area contributed by atoms with Gasteiger partial charge >= 0.3 is 6.18 Å². The summed E-state index contributed by atoms with van der Waals surface area (Å²) in [7, 11) is 0. The fourth-order valence-corrected chi connectivity index (χ4v) is 3.28. The van der Waals surface area contributed by atoms with Crippen LogP contribution in [-0.2, 0) is 17.8 Å². The maximum atomic E-state index is 12.9. The van der Waals surface area contributed by atoms with E-state index >= 15 is 0 Å². The molecule has 8 heteroatoms. The molecule has 2 rings (SSSR count). The van der Waals surface area contributed by atoms with Crippen molar-refractivity contribution in [2.75, 3.05) is 6.61 Å². The molecule has 0 saturated heterocycles. The lowest BCUT2D eigenvalue weighted by atomic mass is 10.00. The van der Waals surface area contributed by atoms with E-state index in [1.54, 1.807) is 0 Å². The molecule has 32 heavy (non-hydrogen) atoms. The Morgan fingerprint density at radius 1 is 1.19 bits per heavy atom. The van der Waals surface area contributed by atoms with Crippen LogP contribution in [0.4, 0.5) is 13.2 Å². The van der Waals surface area contributed by atoms with Gasteiger partial charge in [-0.3, -0.25) is 10.2 Å². The number of carbonyl (C=O) groups is 1. The van der Waals surface area contributed by atoms with E-state index in [0.717, 1.165) is 17.2 Å². The molecule has 0 saturated carbocycles. The molecule has 0 aliphatic carbocycles. The molecule has 0 heterocycles.